The van der Waals surface area contributed by atoms with Crippen LogP contribution in [0.15, 0.2) is 24.4 Å². The van der Waals surface area contributed by atoms with Crippen LogP contribution in [-0.4, -0.2) is 44.8 Å². The number of fused-ring (bicyclic) bond motifs is 1. The summed E-state index contributed by atoms with van der Waals surface area (Å²) < 4.78 is 0. The van der Waals surface area contributed by atoms with E-state index in [9.17, 15) is 9.90 Å². The smallest absolute Gasteiger partial charge is 0.253 e. The third-order valence-electron chi connectivity index (χ3n) is 2.93. The Hall–Kier alpha value is -1.88. The summed E-state index contributed by atoms with van der Waals surface area (Å²) in [4.78, 5) is 14.0. The number of carbonyl (C=O) groups excluding carboxylic acids is 1. The third kappa shape index (κ3) is 3.12. The minimum Gasteiger partial charge on any atom is -0.389 e. The van der Waals surface area contributed by atoms with Gasteiger partial charge in [0.15, 0.2) is 0 Å². The summed E-state index contributed by atoms with van der Waals surface area (Å²) in [7, 11) is 0. The fourth-order valence-corrected chi connectivity index (χ4v) is 2.05. The van der Waals surface area contributed by atoms with Gasteiger partial charge in [0.05, 0.1) is 17.3 Å². The van der Waals surface area contributed by atoms with Crippen molar-refractivity contribution in [3.63, 3.8) is 0 Å². The molecule has 0 unspecified atom stereocenters. The Morgan fingerprint density at radius 3 is 2.84 bits per heavy atom. The molecule has 0 aliphatic heterocycles. The van der Waals surface area contributed by atoms with E-state index in [1.54, 1.807) is 31.0 Å². The topological polar surface area (TPSA) is 69.2 Å². The standard InChI is InChI=1S/C14H19N3O2/c1-4-17(9-14(2,3)19)13(18)10-5-6-12-11(7-10)8-15-16-12/h5-8,19H,4,9H2,1-3H3,(H,15,16). The highest BCUT2D eigenvalue weighted by atomic mass is 16.3. The summed E-state index contributed by atoms with van der Waals surface area (Å²) in [6.07, 6.45) is 1.69. The van der Waals surface area contributed by atoms with Crippen LogP contribution in [0.3, 0.4) is 0 Å². The zero-order chi connectivity index (χ0) is 14.0. The first-order chi connectivity index (χ1) is 8.90. The molecule has 0 aliphatic rings. The van der Waals surface area contributed by atoms with E-state index in [0.717, 1.165) is 10.9 Å². The van der Waals surface area contributed by atoms with Gasteiger partial charge in [-0.05, 0) is 39.0 Å². The minimum absolute atomic E-state index is 0.0762. The van der Waals surface area contributed by atoms with E-state index < -0.39 is 5.60 Å². The Labute approximate surface area is 112 Å². The molecule has 5 heteroatoms. The lowest BCUT2D eigenvalue weighted by Gasteiger charge is -2.28. The predicted octanol–water partition coefficient (Wildman–Crippen LogP) is 1.80. The first-order valence-corrected chi connectivity index (χ1v) is 6.35. The average molecular weight is 261 g/mol. The molecular weight excluding hydrogens is 242 g/mol. The predicted molar refractivity (Wildman–Crippen MR) is 74.0 cm³/mol. The quantitative estimate of drug-likeness (QED) is 0.881. The number of H-pyrrole nitrogens is 1. The van der Waals surface area contributed by atoms with Gasteiger partial charge >= 0.3 is 0 Å². The van der Waals surface area contributed by atoms with Crippen molar-refractivity contribution in [2.75, 3.05) is 13.1 Å². The van der Waals surface area contributed by atoms with Crippen LogP contribution >= 0.6 is 0 Å². The maximum atomic E-state index is 12.4. The molecule has 2 aromatic rings. The molecule has 1 heterocycles. The van der Waals surface area contributed by atoms with Gasteiger partial charge in [-0.3, -0.25) is 9.89 Å². The van der Waals surface area contributed by atoms with Crippen LogP contribution in [0.4, 0.5) is 0 Å². The second kappa shape index (κ2) is 5.01. The van der Waals surface area contributed by atoms with Crippen LogP contribution in [-0.2, 0) is 0 Å². The van der Waals surface area contributed by atoms with E-state index in [2.05, 4.69) is 10.2 Å². The van der Waals surface area contributed by atoms with E-state index in [1.165, 1.54) is 0 Å². The number of rotatable bonds is 4. The van der Waals surface area contributed by atoms with Crippen LogP contribution < -0.4 is 0 Å². The Balaban J connectivity index is 2.25. The van der Waals surface area contributed by atoms with Gasteiger partial charge < -0.3 is 10.0 Å². The lowest BCUT2D eigenvalue weighted by atomic mass is 10.1. The molecule has 0 radical (unpaired) electrons. The van der Waals surface area contributed by atoms with Crippen molar-refractivity contribution in [2.45, 2.75) is 26.4 Å². The van der Waals surface area contributed by atoms with Crippen LogP contribution in [0, 0.1) is 0 Å². The lowest BCUT2D eigenvalue weighted by Crippen LogP contribution is -2.42. The number of nitrogens with one attached hydrogen (secondary N) is 1. The summed E-state index contributed by atoms with van der Waals surface area (Å²) >= 11 is 0. The molecule has 0 saturated carbocycles. The van der Waals surface area contributed by atoms with E-state index in [-0.39, 0.29) is 5.91 Å². The lowest BCUT2D eigenvalue weighted by molar-refractivity contribution is 0.0315. The number of likely N-dealkylation sites (N-methyl/N-ethyl adjacent to an activating group) is 1. The third-order valence-corrected chi connectivity index (χ3v) is 2.93. The van der Waals surface area contributed by atoms with Crippen molar-refractivity contribution < 1.29 is 9.90 Å². The van der Waals surface area contributed by atoms with Crippen molar-refractivity contribution in [1.29, 1.82) is 0 Å². The van der Waals surface area contributed by atoms with Crippen LogP contribution in [0.2, 0.25) is 0 Å². The van der Waals surface area contributed by atoms with Crippen LogP contribution in [0.25, 0.3) is 10.9 Å². The molecular formula is C14H19N3O2. The van der Waals surface area contributed by atoms with E-state index in [0.29, 0.717) is 18.7 Å². The molecule has 19 heavy (non-hydrogen) atoms. The van der Waals surface area contributed by atoms with Gasteiger partial charge in [-0.1, -0.05) is 0 Å². The zero-order valence-electron chi connectivity index (χ0n) is 11.5. The number of hydrogen-bond donors (Lipinski definition) is 2. The molecule has 5 nitrogen and oxygen atoms in total. The molecule has 0 atom stereocenters. The number of aromatic nitrogens is 2. The number of aromatic amines is 1. The normalized spacial score (nSPS) is 11.8. The summed E-state index contributed by atoms with van der Waals surface area (Å²) in [5, 5.41) is 17.5. The highest BCUT2D eigenvalue weighted by molar-refractivity contribution is 5.97. The van der Waals surface area contributed by atoms with E-state index >= 15 is 0 Å². The molecule has 0 spiro atoms. The Bertz CT molecular complexity index is 584. The van der Waals surface area contributed by atoms with Crippen LogP contribution in [0.1, 0.15) is 31.1 Å². The Morgan fingerprint density at radius 1 is 1.47 bits per heavy atom. The van der Waals surface area contributed by atoms with Gasteiger partial charge in [-0.15, -0.1) is 0 Å². The van der Waals surface area contributed by atoms with Crippen molar-refractivity contribution in [2.24, 2.45) is 0 Å². The summed E-state index contributed by atoms with van der Waals surface area (Å²) in [5.41, 5.74) is 0.618. The number of nitrogens with zero attached hydrogens (tertiary/aromatic N) is 2. The second-order valence-corrected chi connectivity index (χ2v) is 5.30. The van der Waals surface area contributed by atoms with Crippen LogP contribution in [0.5, 0.6) is 0 Å². The molecule has 2 rings (SSSR count). The van der Waals surface area contributed by atoms with Crippen molar-refractivity contribution in [1.82, 2.24) is 15.1 Å². The SMILES string of the molecule is CCN(CC(C)(C)O)C(=O)c1ccc2[nH]ncc2c1. The first-order valence-electron chi connectivity index (χ1n) is 6.35. The van der Waals surface area contributed by atoms with Gasteiger partial charge in [-0.2, -0.15) is 5.10 Å². The number of hydrogen-bond acceptors (Lipinski definition) is 3. The van der Waals surface area contributed by atoms with Crippen molar-refractivity contribution in [3.8, 4) is 0 Å². The molecule has 0 fully saturated rings. The highest BCUT2D eigenvalue weighted by Gasteiger charge is 2.22. The Morgan fingerprint density at radius 2 is 2.21 bits per heavy atom. The molecule has 0 saturated heterocycles. The summed E-state index contributed by atoms with van der Waals surface area (Å²) in [5.74, 6) is -0.0762. The van der Waals surface area contributed by atoms with Gasteiger partial charge in [-0.25, -0.2) is 0 Å². The number of benzene rings is 1. The number of carbonyl (C=O) groups is 1. The second-order valence-electron chi connectivity index (χ2n) is 5.30. The number of amides is 1. The van der Waals surface area contributed by atoms with Gasteiger partial charge in [0.2, 0.25) is 0 Å². The van der Waals surface area contributed by atoms with Gasteiger partial charge in [0, 0.05) is 24.0 Å². The van der Waals surface area contributed by atoms with Crippen molar-refractivity contribution >= 4 is 16.8 Å². The summed E-state index contributed by atoms with van der Waals surface area (Å²) in [6, 6.07) is 5.43. The summed E-state index contributed by atoms with van der Waals surface area (Å²) in [6.45, 7) is 6.17. The maximum Gasteiger partial charge on any atom is 0.253 e. The molecule has 2 N–H and O–H groups in total. The zero-order valence-corrected chi connectivity index (χ0v) is 11.5. The first kappa shape index (κ1) is 13.5. The highest BCUT2D eigenvalue weighted by Crippen LogP contribution is 2.16. The fraction of sp³-hybridized carbons (Fsp3) is 0.429. The Kier molecular flexibility index (Phi) is 3.57. The molecule has 1 amide bonds. The van der Waals surface area contributed by atoms with Gasteiger partial charge in [0.25, 0.3) is 5.91 Å². The van der Waals surface area contributed by atoms with Gasteiger partial charge in [0.1, 0.15) is 0 Å². The largest absolute Gasteiger partial charge is 0.389 e. The maximum absolute atomic E-state index is 12.4. The number of aliphatic hydroxyl groups is 1. The van der Waals surface area contributed by atoms with E-state index in [1.807, 2.05) is 19.1 Å². The minimum atomic E-state index is -0.897. The van der Waals surface area contributed by atoms with E-state index in [4.69, 9.17) is 0 Å². The molecule has 0 aliphatic carbocycles. The molecule has 1 aromatic heterocycles. The fourth-order valence-electron chi connectivity index (χ4n) is 2.05. The van der Waals surface area contributed by atoms with Crippen molar-refractivity contribution in [3.05, 3.63) is 30.0 Å². The average Bonchev–Trinajstić information content (AvgIpc) is 2.81. The molecule has 102 valence electrons. The molecule has 0 bridgehead atoms. The monoisotopic (exact) mass is 261 g/mol. The molecule has 1 aromatic carbocycles.